The summed E-state index contributed by atoms with van der Waals surface area (Å²) in [5, 5.41) is 22.1. The van der Waals surface area contributed by atoms with Crippen LogP contribution < -0.4 is 0 Å². The van der Waals surface area contributed by atoms with E-state index in [4.69, 9.17) is 10.6 Å². The summed E-state index contributed by atoms with van der Waals surface area (Å²) < 4.78 is 0. The van der Waals surface area contributed by atoms with Crippen molar-refractivity contribution in [2.45, 2.75) is 109 Å². The quantitative estimate of drug-likeness (QED) is 0.103. The van der Waals surface area contributed by atoms with Gasteiger partial charge in [0.1, 0.15) is 0 Å². The molecule has 0 bridgehead atoms. The number of allylic oxidation sites excluding steroid dienone is 1. The van der Waals surface area contributed by atoms with Crippen molar-refractivity contribution in [3.63, 3.8) is 0 Å². The molecule has 146 valence electrons. The van der Waals surface area contributed by atoms with Gasteiger partial charge in [0.05, 0.1) is 18.8 Å². The van der Waals surface area contributed by atoms with E-state index in [2.05, 4.69) is 16.9 Å². The Bertz CT molecular complexity index is 355. The van der Waals surface area contributed by atoms with Gasteiger partial charge in [-0.3, -0.25) is 0 Å². The van der Waals surface area contributed by atoms with Crippen molar-refractivity contribution in [2.75, 3.05) is 6.61 Å². The van der Waals surface area contributed by atoms with Crippen LogP contribution in [0.25, 0.3) is 10.4 Å². The van der Waals surface area contributed by atoms with E-state index in [-0.39, 0.29) is 6.61 Å². The van der Waals surface area contributed by atoms with E-state index in [1.165, 1.54) is 77.0 Å². The van der Waals surface area contributed by atoms with E-state index in [0.717, 1.165) is 12.8 Å². The van der Waals surface area contributed by atoms with E-state index >= 15 is 0 Å². The molecule has 0 spiro atoms. The molecule has 5 nitrogen and oxygen atoms in total. The Balaban J connectivity index is 3.36. The summed E-state index contributed by atoms with van der Waals surface area (Å²) in [6, 6.07) is -0.784. The zero-order chi connectivity index (χ0) is 18.6. The second-order valence-corrected chi connectivity index (χ2v) is 6.90. The molecule has 0 aliphatic heterocycles. The van der Waals surface area contributed by atoms with Crippen LogP contribution in [-0.4, -0.2) is 29.0 Å². The van der Waals surface area contributed by atoms with Gasteiger partial charge in [-0.1, -0.05) is 101 Å². The van der Waals surface area contributed by atoms with Gasteiger partial charge in [0.2, 0.25) is 0 Å². The fourth-order valence-electron chi connectivity index (χ4n) is 2.92. The lowest BCUT2D eigenvalue weighted by Crippen LogP contribution is -2.25. The van der Waals surface area contributed by atoms with Gasteiger partial charge in [-0.2, -0.15) is 0 Å². The second kappa shape index (κ2) is 19.3. The number of hydrogen-bond acceptors (Lipinski definition) is 3. The molecule has 0 aliphatic carbocycles. The molecule has 0 amide bonds. The summed E-state index contributed by atoms with van der Waals surface area (Å²) in [4.78, 5) is 2.62. The lowest BCUT2D eigenvalue weighted by atomic mass is 10.0. The first-order valence-corrected chi connectivity index (χ1v) is 10.3. The number of unbranched alkanes of at least 4 members (excludes halogenated alkanes) is 13. The van der Waals surface area contributed by atoms with Crippen molar-refractivity contribution in [1.82, 2.24) is 0 Å². The minimum absolute atomic E-state index is 0.339. The van der Waals surface area contributed by atoms with E-state index in [9.17, 15) is 5.11 Å². The lowest BCUT2D eigenvalue weighted by Gasteiger charge is -2.11. The van der Waals surface area contributed by atoms with Crippen LogP contribution in [0.5, 0.6) is 0 Å². The van der Waals surface area contributed by atoms with Crippen LogP contribution in [0.15, 0.2) is 17.3 Å². The van der Waals surface area contributed by atoms with Crippen LogP contribution >= 0.6 is 0 Å². The van der Waals surface area contributed by atoms with Crippen LogP contribution in [0, 0.1) is 0 Å². The van der Waals surface area contributed by atoms with Gasteiger partial charge in [0.15, 0.2) is 0 Å². The average molecular weight is 354 g/mol. The van der Waals surface area contributed by atoms with Gasteiger partial charge < -0.3 is 10.2 Å². The molecule has 0 rings (SSSR count). The average Bonchev–Trinajstić information content (AvgIpc) is 2.62. The van der Waals surface area contributed by atoms with Gasteiger partial charge in [-0.15, -0.1) is 0 Å². The number of hydrogen-bond donors (Lipinski definition) is 2. The molecule has 0 heterocycles. The maximum Gasteiger partial charge on any atom is 0.0900 e. The Morgan fingerprint density at radius 2 is 1.36 bits per heavy atom. The zero-order valence-corrected chi connectivity index (χ0v) is 16.2. The van der Waals surface area contributed by atoms with Gasteiger partial charge in [-0.25, -0.2) is 0 Å². The van der Waals surface area contributed by atoms with Crippen molar-refractivity contribution in [3.8, 4) is 0 Å². The minimum atomic E-state index is -0.900. The molecule has 0 aromatic rings. The van der Waals surface area contributed by atoms with Gasteiger partial charge in [0.25, 0.3) is 0 Å². The Hall–Kier alpha value is -1.03. The van der Waals surface area contributed by atoms with Gasteiger partial charge in [-0.05, 0) is 18.4 Å². The molecule has 2 atom stereocenters. The molecule has 2 unspecified atom stereocenters. The highest BCUT2D eigenvalue weighted by Gasteiger charge is 2.12. The molecule has 0 fully saturated rings. The highest BCUT2D eigenvalue weighted by Crippen LogP contribution is 2.13. The molecular weight excluding hydrogens is 314 g/mol. The summed E-state index contributed by atoms with van der Waals surface area (Å²) in [5.74, 6) is 0. The molecule has 25 heavy (non-hydrogen) atoms. The highest BCUT2D eigenvalue weighted by molar-refractivity contribution is 4.95. The molecule has 2 N–H and O–H groups in total. The molecule has 0 saturated heterocycles. The second-order valence-electron chi connectivity index (χ2n) is 6.90. The van der Waals surface area contributed by atoms with E-state index < -0.39 is 12.1 Å². The first kappa shape index (κ1) is 24.0. The largest absolute Gasteiger partial charge is 0.396 e. The smallest absolute Gasteiger partial charge is 0.0900 e. The standard InChI is InChI=1S/C20H39N3O2/c1-2-3-4-5-6-7-8-9-10-11-12-13-14-15-16-17-20(25)19(18-24)22-23-21/h16-17,19-20,24-25H,2-15,18H2,1H3. The van der Waals surface area contributed by atoms with Crippen molar-refractivity contribution in [1.29, 1.82) is 0 Å². The summed E-state index contributed by atoms with van der Waals surface area (Å²) >= 11 is 0. The summed E-state index contributed by atoms with van der Waals surface area (Å²) in [6.45, 7) is 1.92. The number of aliphatic hydroxyl groups is 2. The fraction of sp³-hybridized carbons (Fsp3) is 0.900. The Kier molecular flexibility index (Phi) is 18.5. The minimum Gasteiger partial charge on any atom is -0.396 e. The third kappa shape index (κ3) is 16.2. The monoisotopic (exact) mass is 353 g/mol. The van der Waals surface area contributed by atoms with E-state index in [0.29, 0.717) is 0 Å². The first-order valence-electron chi connectivity index (χ1n) is 10.3. The predicted octanol–water partition coefficient (Wildman–Crippen LogP) is 6.06. The Morgan fingerprint density at radius 3 is 1.80 bits per heavy atom. The molecule has 0 saturated carbocycles. The summed E-state index contributed by atoms with van der Waals surface area (Å²) in [6.07, 6.45) is 21.0. The number of rotatable bonds is 18. The van der Waals surface area contributed by atoms with Gasteiger partial charge in [0, 0.05) is 4.91 Å². The first-order chi connectivity index (χ1) is 12.3. The molecule has 0 radical (unpaired) electrons. The topological polar surface area (TPSA) is 89.2 Å². The lowest BCUT2D eigenvalue weighted by molar-refractivity contribution is 0.144. The molecule has 0 aromatic carbocycles. The number of nitrogens with zero attached hydrogens (tertiary/aromatic N) is 3. The summed E-state index contributed by atoms with van der Waals surface area (Å²) in [7, 11) is 0. The molecule has 0 aromatic heterocycles. The maximum atomic E-state index is 9.73. The van der Waals surface area contributed by atoms with Crippen molar-refractivity contribution in [2.24, 2.45) is 5.11 Å². The SMILES string of the molecule is CCCCCCCCCCCCCCCC=CC(O)C(CO)N=[N+]=[N-]. The van der Waals surface area contributed by atoms with Crippen molar-refractivity contribution < 1.29 is 10.2 Å². The van der Waals surface area contributed by atoms with Crippen LogP contribution in [0.3, 0.4) is 0 Å². The van der Waals surface area contributed by atoms with Crippen molar-refractivity contribution >= 4 is 0 Å². The summed E-state index contributed by atoms with van der Waals surface area (Å²) in [5.41, 5.74) is 8.33. The van der Waals surface area contributed by atoms with Crippen LogP contribution in [0.2, 0.25) is 0 Å². The normalized spacial score (nSPS) is 13.7. The fourth-order valence-corrected chi connectivity index (χ4v) is 2.92. The third-order valence-corrected chi connectivity index (χ3v) is 4.59. The van der Waals surface area contributed by atoms with Gasteiger partial charge >= 0.3 is 0 Å². The highest BCUT2D eigenvalue weighted by atomic mass is 16.3. The van der Waals surface area contributed by atoms with Crippen molar-refractivity contribution in [3.05, 3.63) is 22.6 Å². The Morgan fingerprint density at radius 1 is 0.880 bits per heavy atom. The Labute approximate surface area is 154 Å². The predicted molar refractivity (Wildman–Crippen MR) is 105 cm³/mol. The van der Waals surface area contributed by atoms with Crippen LogP contribution in [0.4, 0.5) is 0 Å². The van der Waals surface area contributed by atoms with Crippen LogP contribution in [-0.2, 0) is 0 Å². The molecular formula is C20H39N3O2. The number of aliphatic hydroxyl groups excluding tert-OH is 2. The van der Waals surface area contributed by atoms with E-state index in [1.54, 1.807) is 6.08 Å². The molecule has 0 aliphatic rings. The third-order valence-electron chi connectivity index (χ3n) is 4.59. The molecule has 5 heteroatoms. The maximum absolute atomic E-state index is 9.73. The van der Waals surface area contributed by atoms with E-state index in [1.807, 2.05) is 6.08 Å². The zero-order valence-electron chi connectivity index (χ0n) is 16.2. The number of azide groups is 1. The van der Waals surface area contributed by atoms with Crippen LogP contribution in [0.1, 0.15) is 96.8 Å².